The van der Waals surface area contributed by atoms with Crippen LogP contribution in [0.15, 0.2) is 65.5 Å². The zero-order chi connectivity index (χ0) is 15.4. The highest BCUT2D eigenvalue weighted by Gasteiger charge is 2.19. The Morgan fingerprint density at radius 1 is 1.27 bits per heavy atom. The zero-order valence-corrected chi connectivity index (χ0v) is 11.6. The van der Waals surface area contributed by atoms with Crippen LogP contribution in [0.1, 0.15) is 22.2 Å². The number of carbonyl (C=O) groups excluding carboxylic acids is 1. The zero-order valence-electron chi connectivity index (χ0n) is 11.6. The molecule has 6 heteroatoms. The van der Waals surface area contributed by atoms with Crippen LogP contribution in [0.5, 0.6) is 0 Å². The number of hydrogen-bond acceptors (Lipinski definition) is 3. The lowest BCUT2D eigenvalue weighted by molar-refractivity contribution is 0.0944. The number of hydrogen-bond donors (Lipinski definition) is 1. The molecule has 1 N–H and O–H groups in total. The summed E-state index contributed by atoms with van der Waals surface area (Å²) in [5.74, 6) is -0.354. The van der Waals surface area contributed by atoms with Gasteiger partial charge in [0.25, 0.3) is 5.91 Å². The molecule has 0 saturated carbocycles. The van der Waals surface area contributed by atoms with E-state index < -0.39 is 11.7 Å². The minimum absolute atomic E-state index is 0.0150. The quantitative estimate of drug-likeness (QED) is 0.788. The Hall–Kier alpha value is -2.89. The summed E-state index contributed by atoms with van der Waals surface area (Å²) in [6, 6.07) is 10.9. The van der Waals surface area contributed by atoms with Crippen LogP contribution >= 0.6 is 0 Å². The van der Waals surface area contributed by atoms with Gasteiger partial charge in [-0.25, -0.2) is 4.39 Å². The highest BCUT2D eigenvalue weighted by atomic mass is 19.1. The molecule has 0 aliphatic heterocycles. The van der Waals surface area contributed by atoms with Gasteiger partial charge >= 0.3 is 0 Å². The predicted octanol–water partition coefficient (Wildman–Crippen LogP) is 2.63. The fraction of sp³-hybridized carbons (Fsp3) is 0.125. The van der Waals surface area contributed by atoms with Crippen LogP contribution in [-0.2, 0) is 0 Å². The van der Waals surface area contributed by atoms with Gasteiger partial charge in [0, 0.05) is 18.9 Å². The Balaban J connectivity index is 1.75. The van der Waals surface area contributed by atoms with E-state index in [1.165, 1.54) is 12.1 Å². The molecule has 0 fully saturated rings. The summed E-state index contributed by atoms with van der Waals surface area (Å²) in [6.45, 7) is 0.238. The lowest BCUT2D eigenvalue weighted by Crippen LogP contribution is -2.31. The molecule has 1 aromatic carbocycles. The molecule has 22 heavy (non-hydrogen) atoms. The van der Waals surface area contributed by atoms with Crippen molar-refractivity contribution in [3.8, 4) is 0 Å². The number of carbonyl (C=O) groups is 1. The molecule has 5 nitrogen and oxygen atoms in total. The average Bonchev–Trinajstić information content (AvgIpc) is 3.21. The van der Waals surface area contributed by atoms with Crippen molar-refractivity contribution in [2.75, 3.05) is 6.54 Å². The first kappa shape index (κ1) is 14.1. The van der Waals surface area contributed by atoms with Crippen molar-refractivity contribution in [2.45, 2.75) is 6.04 Å². The Morgan fingerprint density at radius 3 is 2.82 bits per heavy atom. The van der Waals surface area contributed by atoms with E-state index in [4.69, 9.17) is 4.42 Å². The molecule has 0 saturated heterocycles. The van der Waals surface area contributed by atoms with Gasteiger partial charge in [-0.05, 0) is 30.3 Å². The standard InChI is InChI=1S/C16H14FN3O2/c17-13-6-2-1-5-12(13)16(21)18-11-14(15-7-3-10-22-15)20-9-4-8-19-20/h1-10,14H,11H2,(H,18,21). The van der Waals surface area contributed by atoms with Gasteiger partial charge in [-0.1, -0.05) is 12.1 Å². The first-order valence-electron chi connectivity index (χ1n) is 6.81. The molecule has 112 valence electrons. The molecule has 0 bridgehead atoms. The Morgan fingerprint density at radius 2 is 2.14 bits per heavy atom. The molecule has 0 radical (unpaired) electrons. The van der Waals surface area contributed by atoms with Crippen LogP contribution in [0, 0.1) is 5.82 Å². The number of aromatic nitrogens is 2. The number of furan rings is 1. The fourth-order valence-corrected chi connectivity index (χ4v) is 2.20. The van der Waals surface area contributed by atoms with E-state index in [9.17, 15) is 9.18 Å². The van der Waals surface area contributed by atoms with Crippen LogP contribution in [0.3, 0.4) is 0 Å². The maximum Gasteiger partial charge on any atom is 0.254 e. The van der Waals surface area contributed by atoms with Crippen molar-refractivity contribution in [1.82, 2.24) is 15.1 Å². The Bertz CT molecular complexity index is 704. The molecular weight excluding hydrogens is 285 g/mol. The number of nitrogens with one attached hydrogen (secondary N) is 1. The van der Waals surface area contributed by atoms with Gasteiger partial charge in [0.05, 0.1) is 11.8 Å². The summed E-state index contributed by atoms with van der Waals surface area (Å²) < 4.78 is 20.7. The smallest absolute Gasteiger partial charge is 0.254 e. The summed E-state index contributed by atoms with van der Waals surface area (Å²) >= 11 is 0. The second-order valence-corrected chi connectivity index (χ2v) is 4.71. The van der Waals surface area contributed by atoms with E-state index in [-0.39, 0.29) is 18.2 Å². The summed E-state index contributed by atoms with van der Waals surface area (Å²) in [6.07, 6.45) is 4.99. The lowest BCUT2D eigenvalue weighted by Gasteiger charge is -2.16. The van der Waals surface area contributed by atoms with Crippen molar-refractivity contribution < 1.29 is 13.6 Å². The minimum Gasteiger partial charge on any atom is -0.467 e. The number of amides is 1. The van der Waals surface area contributed by atoms with Gasteiger partial charge in [0.15, 0.2) is 0 Å². The van der Waals surface area contributed by atoms with Gasteiger partial charge in [-0.15, -0.1) is 0 Å². The molecule has 0 aliphatic rings. The van der Waals surface area contributed by atoms with E-state index >= 15 is 0 Å². The van der Waals surface area contributed by atoms with Crippen LogP contribution in [0.2, 0.25) is 0 Å². The molecule has 3 aromatic rings. The van der Waals surface area contributed by atoms with E-state index in [0.717, 1.165) is 0 Å². The molecule has 0 aliphatic carbocycles. The SMILES string of the molecule is O=C(NCC(c1ccco1)n1cccn1)c1ccccc1F. The Labute approximate surface area is 126 Å². The first-order valence-corrected chi connectivity index (χ1v) is 6.81. The van der Waals surface area contributed by atoms with Crippen molar-refractivity contribution in [2.24, 2.45) is 0 Å². The van der Waals surface area contributed by atoms with Gasteiger partial charge in [0.2, 0.25) is 0 Å². The van der Waals surface area contributed by atoms with Gasteiger partial charge < -0.3 is 9.73 Å². The lowest BCUT2D eigenvalue weighted by atomic mass is 10.2. The highest BCUT2D eigenvalue weighted by Crippen LogP contribution is 2.17. The Kier molecular flexibility index (Phi) is 4.00. The van der Waals surface area contributed by atoms with Crippen molar-refractivity contribution in [3.63, 3.8) is 0 Å². The third-order valence-corrected chi connectivity index (χ3v) is 3.29. The maximum absolute atomic E-state index is 13.6. The van der Waals surface area contributed by atoms with Crippen LogP contribution < -0.4 is 5.32 Å². The van der Waals surface area contributed by atoms with Gasteiger partial charge in [-0.3, -0.25) is 9.48 Å². The van der Waals surface area contributed by atoms with Crippen molar-refractivity contribution in [3.05, 3.63) is 78.3 Å². The monoisotopic (exact) mass is 299 g/mol. The third kappa shape index (κ3) is 2.90. The van der Waals surface area contributed by atoms with E-state index in [1.807, 2.05) is 6.07 Å². The molecule has 2 heterocycles. The van der Waals surface area contributed by atoms with Crippen LogP contribution in [0.25, 0.3) is 0 Å². The van der Waals surface area contributed by atoms with Gasteiger partial charge in [-0.2, -0.15) is 5.10 Å². The minimum atomic E-state index is -0.548. The molecule has 1 unspecified atom stereocenters. The molecule has 1 amide bonds. The summed E-state index contributed by atoms with van der Waals surface area (Å²) in [4.78, 5) is 12.1. The van der Waals surface area contributed by atoms with Crippen molar-refractivity contribution >= 4 is 5.91 Å². The maximum atomic E-state index is 13.6. The molecule has 3 rings (SSSR count). The second kappa shape index (κ2) is 6.26. The highest BCUT2D eigenvalue weighted by molar-refractivity contribution is 5.94. The largest absolute Gasteiger partial charge is 0.467 e. The molecular formula is C16H14FN3O2. The van der Waals surface area contributed by atoms with Crippen molar-refractivity contribution in [1.29, 1.82) is 0 Å². The normalized spacial score (nSPS) is 12.0. The summed E-state index contributed by atoms with van der Waals surface area (Å²) in [7, 11) is 0. The molecule has 2 aromatic heterocycles. The number of rotatable bonds is 5. The molecule has 1 atom stereocenters. The van der Waals surface area contributed by atoms with Crippen LogP contribution in [-0.4, -0.2) is 22.2 Å². The summed E-state index contributed by atoms with van der Waals surface area (Å²) in [5, 5.41) is 6.89. The third-order valence-electron chi connectivity index (χ3n) is 3.29. The average molecular weight is 299 g/mol. The number of halogens is 1. The molecule has 0 spiro atoms. The number of benzene rings is 1. The van der Waals surface area contributed by atoms with Gasteiger partial charge in [0.1, 0.15) is 17.6 Å². The van der Waals surface area contributed by atoms with Crippen LogP contribution in [0.4, 0.5) is 4.39 Å². The number of nitrogens with zero attached hydrogens (tertiary/aromatic N) is 2. The summed E-state index contributed by atoms with van der Waals surface area (Å²) in [5.41, 5.74) is 0.0150. The topological polar surface area (TPSA) is 60.1 Å². The first-order chi connectivity index (χ1) is 10.8. The van der Waals surface area contributed by atoms with E-state index in [2.05, 4.69) is 10.4 Å². The fourth-order valence-electron chi connectivity index (χ4n) is 2.20. The second-order valence-electron chi connectivity index (χ2n) is 4.71. The predicted molar refractivity (Wildman–Crippen MR) is 77.8 cm³/mol. The van der Waals surface area contributed by atoms with E-state index in [0.29, 0.717) is 5.76 Å². The van der Waals surface area contributed by atoms with E-state index in [1.54, 1.807) is 47.6 Å².